The monoisotopic (exact) mass is 365 g/mol. The first kappa shape index (κ1) is 18.0. The SMILES string of the molecule is C[C@@H](NC(=O)Nc1ccc2c(c1)COC2)[C@@H]1CCN(Cc2ccccc2)C1. The highest BCUT2D eigenvalue weighted by molar-refractivity contribution is 5.89. The van der Waals surface area contributed by atoms with Crippen LogP contribution in [0.15, 0.2) is 48.5 Å². The summed E-state index contributed by atoms with van der Waals surface area (Å²) in [5.74, 6) is 0.480. The van der Waals surface area contributed by atoms with Gasteiger partial charge < -0.3 is 15.4 Å². The van der Waals surface area contributed by atoms with Crippen molar-refractivity contribution in [2.45, 2.75) is 39.1 Å². The van der Waals surface area contributed by atoms with Crippen molar-refractivity contribution in [3.8, 4) is 0 Å². The van der Waals surface area contributed by atoms with Crippen LogP contribution >= 0.6 is 0 Å². The van der Waals surface area contributed by atoms with Gasteiger partial charge in [-0.15, -0.1) is 0 Å². The molecule has 2 aromatic carbocycles. The lowest BCUT2D eigenvalue weighted by molar-refractivity contribution is 0.134. The van der Waals surface area contributed by atoms with Gasteiger partial charge in [-0.2, -0.15) is 0 Å². The molecule has 0 spiro atoms. The highest BCUT2D eigenvalue weighted by Gasteiger charge is 2.28. The maximum absolute atomic E-state index is 12.4. The fraction of sp³-hybridized carbons (Fsp3) is 0.409. The Hall–Kier alpha value is -2.37. The van der Waals surface area contributed by atoms with E-state index in [-0.39, 0.29) is 12.1 Å². The number of carbonyl (C=O) groups excluding carboxylic acids is 1. The zero-order valence-corrected chi connectivity index (χ0v) is 15.8. The van der Waals surface area contributed by atoms with E-state index >= 15 is 0 Å². The Morgan fingerprint density at radius 3 is 2.85 bits per heavy atom. The average molecular weight is 365 g/mol. The number of hydrogen-bond donors (Lipinski definition) is 2. The van der Waals surface area contributed by atoms with Gasteiger partial charge in [0.25, 0.3) is 0 Å². The molecule has 0 aliphatic carbocycles. The van der Waals surface area contributed by atoms with Gasteiger partial charge in [0.15, 0.2) is 0 Å². The number of nitrogens with one attached hydrogen (secondary N) is 2. The molecule has 1 saturated heterocycles. The van der Waals surface area contributed by atoms with Crippen LogP contribution in [-0.2, 0) is 24.5 Å². The van der Waals surface area contributed by atoms with Crippen molar-refractivity contribution in [3.05, 3.63) is 65.2 Å². The number of amides is 2. The van der Waals surface area contributed by atoms with Crippen molar-refractivity contribution >= 4 is 11.7 Å². The summed E-state index contributed by atoms with van der Waals surface area (Å²) in [6.07, 6.45) is 1.12. The van der Waals surface area contributed by atoms with E-state index in [9.17, 15) is 4.79 Å². The van der Waals surface area contributed by atoms with Crippen LogP contribution in [0.2, 0.25) is 0 Å². The number of rotatable bonds is 5. The molecular weight excluding hydrogens is 338 g/mol. The first-order valence-electron chi connectivity index (χ1n) is 9.71. The zero-order valence-electron chi connectivity index (χ0n) is 15.8. The van der Waals surface area contributed by atoms with Gasteiger partial charge in [-0.05, 0) is 54.6 Å². The lowest BCUT2D eigenvalue weighted by Gasteiger charge is -2.22. The van der Waals surface area contributed by atoms with Gasteiger partial charge in [-0.3, -0.25) is 4.90 Å². The molecule has 2 aromatic rings. The lowest BCUT2D eigenvalue weighted by Crippen LogP contribution is -2.41. The van der Waals surface area contributed by atoms with Crippen molar-refractivity contribution in [1.82, 2.24) is 10.2 Å². The molecule has 2 aliphatic heterocycles. The second-order valence-corrected chi connectivity index (χ2v) is 7.63. The Bertz CT molecular complexity index is 793. The maximum Gasteiger partial charge on any atom is 0.319 e. The van der Waals surface area contributed by atoms with Crippen molar-refractivity contribution < 1.29 is 9.53 Å². The van der Waals surface area contributed by atoms with Gasteiger partial charge in [-0.1, -0.05) is 36.4 Å². The number of hydrogen-bond acceptors (Lipinski definition) is 3. The Morgan fingerprint density at radius 2 is 2.00 bits per heavy atom. The molecule has 27 heavy (non-hydrogen) atoms. The minimum Gasteiger partial charge on any atom is -0.372 e. The molecule has 0 saturated carbocycles. The lowest BCUT2D eigenvalue weighted by atomic mass is 10.0. The van der Waals surface area contributed by atoms with Crippen molar-refractivity contribution in [2.24, 2.45) is 5.92 Å². The second kappa shape index (κ2) is 8.11. The number of benzene rings is 2. The summed E-state index contributed by atoms with van der Waals surface area (Å²) in [7, 11) is 0. The number of carbonyl (C=O) groups is 1. The summed E-state index contributed by atoms with van der Waals surface area (Å²) >= 11 is 0. The summed E-state index contributed by atoms with van der Waals surface area (Å²) in [5, 5.41) is 6.07. The molecule has 2 heterocycles. The quantitative estimate of drug-likeness (QED) is 0.848. The van der Waals surface area contributed by atoms with Gasteiger partial charge in [-0.25, -0.2) is 4.79 Å². The number of likely N-dealkylation sites (tertiary alicyclic amines) is 1. The Balaban J connectivity index is 1.26. The molecule has 0 bridgehead atoms. The van der Waals surface area contributed by atoms with Gasteiger partial charge in [0.2, 0.25) is 0 Å². The molecule has 4 rings (SSSR count). The average Bonchev–Trinajstić information content (AvgIpc) is 3.31. The van der Waals surface area contributed by atoms with Gasteiger partial charge in [0, 0.05) is 24.8 Å². The summed E-state index contributed by atoms with van der Waals surface area (Å²) in [4.78, 5) is 14.9. The standard InChI is InChI=1S/C22H27N3O2/c1-16(18-9-10-25(13-18)12-17-5-3-2-4-6-17)23-22(26)24-21-8-7-19-14-27-15-20(19)11-21/h2-8,11,16,18H,9-10,12-15H2,1H3,(H2,23,24,26)/t16-,18-/m1/s1. The molecule has 2 aliphatic rings. The van der Waals surface area contributed by atoms with Crippen LogP contribution in [0.25, 0.3) is 0 Å². The Morgan fingerprint density at radius 1 is 1.19 bits per heavy atom. The molecule has 0 aromatic heterocycles. The van der Waals surface area contributed by atoms with Gasteiger partial charge >= 0.3 is 6.03 Å². The second-order valence-electron chi connectivity index (χ2n) is 7.63. The fourth-order valence-corrected chi connectivity index (χ4v) is 4.00. The number of nitrogens with zero attached hydrogens (tertiary/aromatic N) is 1. The third kappa shape index (κ3) is 4.49. The van der Waals surface area contributed by atoms with Crippen molar-refractivity contribution in [3.63, 3.8) is 0 Å². The Labute approximate surface area is 160 Å². The van der Waals surface area contributed by atoms with Crippen molar-refractivity contribution in [1.29, 1.82) is 0 Å². The number of urea groups is 1. The highest BCUT2D eigenvalue weighted by Crippen LogP contribution is 2.24. The molecule has 0 radical (unpaired) electrons. The third-order valence-electron chi connectivity index (χ3n) is 5.60. The largest absolute Gasteiger partial charge is 0.372 e. The highest BCUT2D eigenvalue weighted by atomic mass is 16.5. The van der Waals surface area contributed by atoms with E-state index in [1.165, 1.54) is 11.1 Å². The first-order valence-corrected chi connectivity index (χ1v) is 9.71. The topological polar surface area (TPSA) is 53.6 Å². The van der Waals surface area contributed by atoms with Crippen molar-refractivity contribution in [2.75, 3.05) is 18.4 Å². The number of anilines is 1. The molecule has 5 heteroatoms. The van der Waals surface area contributed by atoms with E-state index in [1.54, 1.807) is 0 Å². The molecule has 5 nitrogen and oxygen atoms in total. The Kier molecular flexibility index (Phi) is 5.41. The van der Waals surface area contributed by atoms with E-state index in [4.69, 9.17) is 4.74 Å². The summed E-state index contributed by atoms with van der Waals surface area (Å²) in [5.41, 5.74) is 4.53. The number of ether oxygens (including phenoxy) is 1. The van der Waals surface area contributed by atoms with Crippen LogP contribution in [0.4, 0.5) is 10.5 Å². The van der Waals surface area contributed by atoms with E-state index in [0.29, 0.717) is 19.1 Å². The van der Waals surface area contributed by atoms with Crippen LogP contribution < -0.4 is 10.6 Å². The predicted molar refractivity (Wildman–Crippen MR) is 106 cm³/mol. The third-order valence-corrected chi connectivity index (χ3v) is 5.60. The van der Waals surface area contributed by atoms with E-state index in [0.717, 1.165) is 37.3 Å². The zero-order chi connectivity index (χ0) is 18.6. The van der Waals surface area contributed by atoms with E-state index in [2.05, 4.69) is 52.8 Å². The fourth-order valence-electron chi connectivity index (χ4n) is 4.00. The summed E-state index contributed by atoms with van der Waals surface area (Å²) in [6, 6.07) is 16.5. The van der Waals surface area contributed by atoms with E-state index < -0.39 is 0 Å². The van der Waals surface area contributed by atoms with Crippen LogP contribution in [0.5, 0.6) is 0 Å². The number of fused-ring (bicyclic) bond motifs is 1. The van der Waals surface area contributed by atoms with Crippen LogP contribution in [0.1, 0.15) is 30.0 Å². The minimum atomic E-state index is -0.136. The molecular formula is C22H27N3O2. The van der Waals surface area contributed by atoms with Crippen LogP contribution in [0.3, 0.4) is 0 Å². The van der Waals surface area contributed by atoms with Gasteiger partial charge in [0.05, 0.1) is 13.2 Å². The molecule has 2 atom stereocenters. The predicted octanol–water partition coefficient (Wildman–Crippen LogP) is 3.75. The first-order chi connectivity index (χ1) is 13.2. The summed E-state index contributed by atoms with van der Waals surface area (Å²) in [6.45, 7) is 6.48. The van der Waals surface area contributed by atoms with E-state index in [1.807, 2.05) is 18.2 Å². The van der Waals surface area contributed by atoms with Gasteiger partial charge in [0.1, 0.15) is 0 Å². The smallest absolute Gasteiger partial charge is 0.319 e. The molecule has 2 N–H and O–H groups in total. The molecule has 142 valence electrons. The van der Waals surface area contributed by atoms with Crippen LogP contribution in [0, 0.1) is 5.92 Å². The van der Waals surface area contributed by atoms with Crippen LogP contribution in [-0.4, -0.2) is 30.1 Å². The summed E-state index contributed by atoms with van der Waals surface area (Å²) < 4.78 is 5.43. The molecule has 1 fully saturated rings. The normalized spacial score (nSPS) is 20.3. The molecule has 0 unspecified atom stereocenters. The molecule has 2 amide bonds. The maximum atomic E-state index is 12.4. The minimum absolute atomic E-state index is 0.136.